The topological polar surface area (TPSA) is 65.7 Å². The third kappa shape index (κ3) is 1.84. The minimum absolute atomic E-state index is 0.256. The summed E-state index contributed by atoms with van der Waals surface area (Å²) in [5.41, 5.74) is 1.19. The van der Waals surface area contributed by atoms with Crippen LogP contribution in [0, 0.1) is 0 Å². The fraction of sp³-hybridized carbons (Fsp3) is 0.417. The normalized spacial score (nSPS) is 19.3. The average molecular weight is 247 g/mol. The minimum Gasteiger partial charge on any atom is -0.465 e. The molecule has 0 aliphatic carbocycles. The highest BCUT2D eigenvalue weighted by Gasteiger charge is 2.22. The van der Waals surface area contributed by atoms with E-state index in [-0.39, 0.29) is 11.9 Å². The molecule has 2 aromatic heterocycles. The van der Waals surface area contributed by atoms with Crippen LogP contribution in [-0.4, -0.2) is 40.9 Å². The predicted molar refractivity (Wildman–Crippen MR) is 62.5 cm³/mol. The number of carbonyl (C=O) groups excluding carboxylic acids is 1. The molecule has 1 unspecified atom stereocenters. The maximum Gasteiger partial charge on any atom is 0.339 e. The van der Waals surface area contributed by atoms with Crippen molar-refractivity contribution in [3.05, 3.63) is 29.7 Å². The second kappa shape index (κ2) is 4.38. The average Bonchev–Trinajstić information content (AvgIpc) is 3.04. The molecule has 18 heavy (non-hydrogen) atoms. The van der Waals surface area contributed by atoms with E-state index in [1.807, 2.05) is 0 Å². The Labute approximate surface area is 104 Å². The molecular weight excluding hydrogens is 234 g/mol. The first-order valence-electron chi connectivity index (χ1n) is 5.80. The maximum atomic E-state index is 11.4. The van der Waals surface area contributed by atoms with E-state index in [9.17, 15) is 4.79 Å². The second-order valence-corrected chi connectivity index (χ2v) is 4.24. The Morgan fingerprint density at radius 1 is 1.56 bits per heavy atom. The van der Waals surface area contributed by atoms with Crippen molar-refractivity contribution >= 4 is 11.6 Å². The molecule has 3 rings (SSSR count). The molecule has 1 atom stereocenters. The SMILES string of the molecule is COC(=O)c1ccc2nc(C3CCOC3)nn2c1. The summed E-state index contributed by atoms with van der Waals surface area (Å²) in [4.78, 5) is 15.9. The largest absolute Gasteiger partial charge is 0.465 e. The summed E-state index contributed by atoms with van der Waals surface area (Å²) in [6.45, 7) is 1.42. The molecule has 0 spiro atoms. The van der Waals surface area contributed by atoms with Crippen molar-refractivity contribution in [3.63, 3.8) is 0 Å². The Bertz CT molecular complexity index is 587. The Morgan fingerprint density at radius 2 is 2.44 bits per heavy atom. The van der Waals surface area contributed by atoms with Gasteiger partial charge in [0.25, 0.3) is 0 Å². The molecule has 0 bridgehead atoms. The Hall–Kier alpha value is -1.95. The number of rotatable bonds is 2. The molecule has 6 nitrogen and oxygen atoms in total. The van der Waals surface area contributed by atoms with Crippen molar-refractivity contribution < 1.29 is 14.3 Å². The highest BCUT2D eigenvalue weighted by atomic mass is 16.5. The van der Waals surface area contributed by atoms with Gasteiger partial charge in [-0.3, -0.25) is 0 Å². The van der Waals surface area contributed by atoms with Gasteiger partial charge in [0.05, 0.1) is 19.3 Å². The molecule has 0 N–H and O–H groups in total. The number of ether oxygens (including phenoxy) is 2. The summed E-state index contributed by atoms with van der Waals surface area (Å²) >= 11 is 0. The first-order chi connectivity index (χ1) is 8.78. The molecular formula is C12H13N3O3. The van der Waals surface area contributed by atoms with Crippen LogP contribution < -0.4 is 0 Å². The van der Waals surface area contributed by atoms with Gasteiger partial charge >= 0.3 is 5.97 Å². The van der Waals surface area contributed by atoms with Gasteiger partial charge in [-0.15, -0.1) is 0 Å². The van der Waals surface area contributed by atoms with Gasteiger partial charge < -0.3 is 9.47 Å². The number of fused-ring (bicyclic) bond motifs is 1. The fourth-order valence-electron chi connectivity index (χ4n) is 2.05. The summed E-state index contributed by atoms with van der Waals surface area (Å²) in [5.74, 6) is 0.652. The van der Waals surface area contributed by atoms with E-state index in [2.05, 4.69) is 14.8 Å². The van der Waals surface area contributed by atoms with Crippen LogP contribution in [0.4, 0.5) is 0 Å². The maximum absolute atomic E-state index is 11.4. The van der Waals surface area contributed by atoms with Crippen LogP contribution in [0.3, 0.4) is 0 Å². The van der Waals surface area contributed by atoms with E-state index in [1.165, 1.54) is 7.11 Å². The lowest BCUT2D eigenvalue weighted by atomic mass is 10.1. The van der Waals surface area contributed by atoms with Crippen molar-refractivity contribution in [2.24, 2.45) is 0 Å². The van der Waals surface area contributed by atoms with Crippen LogP contribution >= 0.6 is 0 Å². The number of nitrogens with zero attached hydrogens (tertiary/aromatic N) is 3. The number of hydrogen-bond donors (Lipinski definition) is 0. The lowest BCUT2D eigenvalue weighted by Crippen LogP contribution is -2.03. The van der Waals surface area contributed by atoms with Crippen LogP contribution in [0.5, 0.6) is 0 Å². The summed E-state index contributed by atoms with van der Waals surface area (Å²) in [5, 5.41) is 4.39. The number of hydrogen-bond acceptors (Lipinski definition) is 5. The van der Waals surface area contributed by atoms with E-state index in [0.29, 0.717) is 12.2 Å². The quantitative estimate of drug-likeness (QED) is 0.741. The molecule has 1 fully saturated rings. The third-order valence-electron chi connectivity index (χ3n) is 3.06. The predicted octanol–water partition coefficient (Wildman–Crippen LogP) is 1.02. The summed E-state index contributed by atoms with van der Waals surface area (Å²) in [6.07, 6.45) is 2.58. The molecule has 6 heteroatoms. The number of carbonyl (C=O) groups is 1. The van der Waals surface area contributed by atoms with Crippen LogP contribution in [0.1, 0.15) is 28.5 Å². The van der Waals surface area contributed by atoms with Crippen LogP contribution in [0.2, 0.25) is 0 Å². The van der Waals surface area contributed by atoms with Crippen LogP contribution in [0.25, 0.3) is 5.65 Å². The van der Waals surface area contributed by atoms with E-state index in [0.717, 1.165) is 24.5 Å². The van der Waals surface area contributed by atoms with Crippen molar-refractivity contribution in [3.8, 4) is 0 Å². The number of esters is 1. The zero-order valence-corrected chi connectivity index (χ0v) is 10.00. The Balaban J connectivity index is 1.98. The van der Waals surface area contributed by atoms with Gasteiger partial charge in [-0.25, -0.2) is 14.3 Å². The summed E-state index contributed by atoms with van der Waals surface area (Å²) < 4.78 is 11.6. The molecule has 0 amide bonds. The second-order valence-electron chi connectivity index (χ2n) is 4.24. The molecule has 3 heterocycles. The van der Waals surface area contributed by atoms with E-state index in [1.54, 1.807) is 22.8 Å². The molecule has 0 aromatic carbocycles. The van der Waals surface area contributed by atoms with Crippen LogP contribution in [-0.2, 0) is 9.47 Å². The van der Waals surface area contributed by atoms with Crippen molar-refractivity contribution in [2.75, 3.05) is 20.3 Å². The van der Waals surface area contributed by atoms with Gasteiger partial charge in [0, 0.05) is 18.7 Å². The number of aromatic nitrogens is 3. The van der Waals surface area contributed by atoms with Crippen molar-refractivity contribution in [1.29, 1.82) is 0 Å². The zero-order valence-electron chi connectivity index (χ0n) is 10.00. The standard InChI is InChI=1S/C12H13N3O3/c1-17-12(16)8-2-3-10-13-11(14-15(10)6-8)9-4-5-18-7-9/h2-3,6,9H,4-5,7H2,1H3. The molecule has 2 aromatic rings. The first-order valence-corrected chi connectivity index (χ1v) is 5.80. The third-order valence-corrected chi connectivity index (χ3v) is 3.06. The van der Waals surface area contributed by atoms with Gasteiger partial charge in [0.1, 0.15) is 0 Å². The summed E-state index contributed by atoms with van der Waals surface area (Å²) in [7, 11) is 1.36. The lowest BCUT2D eigenvalue weighted by Gasteiger charge is -1.99. The minimum atomic E-state index is -0.377. The van der Waals surface area contributed by atoms with Crippen LogP contribution in [0.15, 0.2) is 18.3 Å². The van der Waals surface area contributed by atoms with E-state index < -0.39 is 0 Å². The van der Waals surface area contributed by atoms with E-state index >= 15 is 0 Å². The number of methoxy groups -OCH3 is 1. The molecule has 94 valence electrons. The van der Waals surface area contributed by atoms with Crippen molar-refractivity contribution in [2.45, 2.75) is 12.3 Å². The van der Waals surface area contributed by atoms with Gasteiger partial charge in [-0.1, -0.05) is 0 Å². The monoisotopic (exact) mass is 247 g/mol. The molecule has 0 saturated carbocycles. The highest BCUT2D eigenvalue weighted by molar-refractivity contribution is 5.89. The number of pyridine rings is 1. The Morgan fingerprint density at radius 3 is 3.17 bits per heavy atom. The van der Waals surface area contributed by atoms with Crippen molar-refractivity contribution in [1.82, 2.24) is 14.6 Å². The first kappa shape index (κ1) is 11.2. The molecule has 0 radical (unpaired) electrons. The highest BCUT2D eigenvalue weighted by Crippen LogP contribution is 2.22. The Kier molecular flexibility index (Phi) is 2.71. The molecule has 1 saturated heterocycles. The zero-order chi connectivity index (χ0) is 12.5. The molecule has 1 aliphatic rings. The molecule has 1 aliphatic heterocycles. The van der Waals surface area contributed by atoms with Gasteiger partial charge in [0.2, 0.25) is 0 Å². The van der Waals surface area contributed by atoms with E-state index in [4.69, 9.17) is 4.74 Å². The van der Waals surface area contributed by atoms with Gasteiger partial charge in [-0.05, 0) is 18.6 Å². The smallest absolute Gasteiger partial charge is 0.339 e. The van der Waals surface area contributed by atoms with Gasteiger partial charge in [-0.2, -0.15) is 5.10 Å². The fourth-order valence-corrected chi connectivity index (χ4v) is 2.05. The lowest BCUT2D eigenvalue weighted by molar-refractivity contribution is 0.0600. The summed E-state index contributed by atoms with van der Waals surface area (Å²) in [6, 6.07) is 3.45. The van der Waals surface area contributed by atoms with Gasteiger partial charge in [0.15, 0.2) is 11.5 Å².